The highest BCUT2D eigenvalue weighted by molar-refractivity contribution is 6.78. The van der Waals surface area contributed by atoms with E-state index in [0.29, 0.717) is 45.4 Å². The van der Waals surface area contributed by atoms with Crippen LogP contribution in [0.4, 0.5) is 5.69 Å². The van der Waals surface area contributed by atoms with Crippen molar-refractivity contribution in [2.45, 2.75) is 161 Å². The number of nitrogen functional groups attached to an aromatic ring is 1. The Morgan fingerprint density at radius 1 is 0.838 bits per heavy atom. The van der Waals surface area contributed by atoms with Gasteiger partial charge in [-0.15, -0.1) is 0 Å². The molecule has 2 N–H and O–H groups in total. The van der Waals surface area contributed by atoms with E-state index in [9.17, 15) is 0 Å². The summed E-state index contributed by atoms with van der Waals surface area (Å²) in [5, 5.41) is 0. The van der Waals surface area contributed by atoms with Crippen molar-refractivity contribution in [3.05, 3.63) is 18.2 Å². The van der Waals surface area contributed by atoms with Gasteiger partial charge in [0.1, 0.15) is 12.4 Å². The third kappa shape index (κ3) is 6.34. The first-order valence-electron chi connectivity index (χ1n) is 14.7. The molecule has 1 aromatic heterocycles. The van der Waals surface area contributed by atoms with Crippen molar-refractivity contribution in [2.75, 3.05) is 5.73 Å². The minimum Gasteiger partial charge on any atom is -0.410 e. The van der Waals surface area contributed by atoms with Crippen molar-refractivity contribution in [1.29, 1.82) is 0 Å². The molecule has 2 heterocycles. The molecule has 0 saturated carbocycles. The average Bonchev–Trinajstić information content (AvgIpc) is 2.79. The highest BCUT2D eigenvalue weighted by Gasteiger charge is 2.54. The standard InChI is InChI=1S/C29H57N3O3Si2/c1-14-25-29(35-37(21(8)9,22(10)11)23(12)13)27(34-36(18(2)3,19(4)5)20(6)7)15-26(33-25)28-24(30)16-31-17-32-28/h16-23,25-27,29H,14-15,30H2,1-13H3. The number of nitrogens with zero attached hydrogens (tertiary/aromatic N) is 2. The smallest absolute Gasteiger partial charge is 0.201 e. The summed E-state index contributed by atoms with van der Waals surface area (Å²) in [4.78, 5) is 8.67. The maximum absolute atomic E-state index is 7.56. The zero-order chi connectivity index (χ0) is 28.3. The second-order valence-electron chi connectivity index (χ2n) is 13.0. The van der Waals surface area contributed by atoms with Crippen molar-refractivity contribution < 1.29 is 13.6 Å². The Morgan fingerprint density at radius 3 is 1.70 bits per heavy atom. The molecule has 1 aromatic rings. The van der Waals surface area contributed by atoms with Crippen LogP contribution in [0.5, 0.6) is 0 Å². The van der Waals surface area contributed by atoms with Crippen LogP contribution in [0.15, 0.2) is 12.5 Å². The van der Waals surface area contributed by atoms with Gasteiger partial charge in [-0.25, -0.2) is 9.97 Å². The van der Waals surface area contributed by atoms with Gasteiger partial charge in [-0.2, -0.15) is 0 Å². The fraction of sp³-hybridized carbons (Fsp3) is 0.862. The molecule has 0 aromatic carbocycles. The van der Waals surface area contributed by atoms with Crippen LogP contribution in [0.25, 0.3) is 0 Å². The summed E-state index contributed by atoms with van der Waals surface area (Å²) in [7, 11) is -4.36. The van der Waals surface area contributed by atoms with E-state index in [2.05, 4.69) is 100.0 Å². The Morgan fingerprint density at radius 2 is 1.30 bits per heavy atom. The molecule has 0 aliphatic carbocycles. The number of aromatic nitrogens is 2. The van der Waals surface area contributed by atoms with Gasteiger partial charge >= 0.3 is 0 Å². The first kappa shape index (κ1) is 32.4. The van der Waals surface area contributed by atoms with Gasteiger partial charge in [0.15, 0.2) is 0 Å². The molecule has 4 atom stereocenters. The SMILES string of the molecule is CCC1OC(c2ncncc2N)CC(O[Si](C(C)C)(C(C)C)C(C)C)C1O[Si](C(C)C)(C(C)C)C(C)C. The zero-order valence-electron chi connectivity index (χ0n) is 26.0. The third-order valence-electron chi connectivity index (χ3n) is 9.11. The molecule has 1 fully saturated rings. The quantitative estimate of drug-likeness (QED) is 0.263. The fourth-order valence-electron chi connectivity index (χ4n) is 7.63. The van der Waals surface area contributed by atoms with Crippen molar-refractivity contribution in [1.82, 2.24) is 9.97 Å². The number of anilines is 1. The Balaban J connectivity index is 2.67. The van der Waals surface area contributed by atoms with Crippen molar-refractivity contribution in [3.63, 3.8) is 0 Å². The van der Waals surface area contributed by atoms with E-state index in [1.54, 1.807) is 12.5 Å². The minimum atomic E-state index is -2.18. The van der Waals surface area contributed by atoms with E-state index in [1.165, 1.54) is 0 Å². The normalized spacial score (nSPS) is 23.9. The molecule has 1 aliphatic rings. The van der Waals surface area contributed by atoms with E-state index >= 15 is 0 Å². The largest absolute Gasteiger partial charge is 0.410 e. The summed E-state index contributed by atoms with van der Waals surface area (Å²) in [5.74, 6) is 0. The number of rotatable bonds is 12. The van der Waals surface area contributed by atoms with E-state index in [0.717, 1.165) is 12.1 Å². The van der Waals surface area contributed by atoms with Gasteiger partial charge in [-0.1, -0.05) is 90.0 Å². The monoisotopic (exact) mass is 551 g/mol. The zero-order valence-corrected chi connectivity index (χ0v) is 28.0. The van der Waals surface area contributed by atoms with Crippen LogP contribution in [0.1, 0.15) is 115 Å². The predicted molar refractivity (Wildman–Crippen MR) is 161 cm³/mol. The van der Waals surface area contributed by atoms with Gasteiger partial charge in [-0.3, -0.25) is 0 Å². The molecule has 0 bridgehead atoms. The molecule has 1 saturated heterocycles. The van der Waals surface area contributed by atoms with Gasteiger partial charge in [0.2, 0.25) is 16.6 Å². The first-order valence-corrected chi connectivity index (χ1v) is 19.0. The molecule has 4 unspecified atom stereocenters. The van der Waals surface area contributed by atoms with Gasteiger partial charge in [0.25, 0.3) is 0 Å². The lowest BCUT2D eigenvalue weighted by Crippen LogP contribution is -2.61. The van der Waals surface area contributed by atoms with Crippen molar-refractivity contribution in [3.8, 4) is 0 Å². The van der Waals surface area contributed by atoms with E-state index in [4.69, 9.17) is 19.3 Å². The van der Waals surface area contributed by atoms with Crippen molar-refractivity contribution >= 4 is 22.3 Å². The number of hydrogen-bond acceptors (Lipinski definition) is 6. The Hall–Kier alpha value is -0.806. The van der Waals surface area contributed by atoms with E-state index in [1.807, 2.05) is 0 Å². The predicted octanol–water partition coefficient (Wildman–Crippen LogP) is 8.42. The lowest BCUT2D eigenvalue weighted by Gasteiger charge is -2.53. The van der Waals surface area contributed by atoms with Crippen LogP contribution < -0.4 is 5.73 Å². The summed E-state index contributed by atoms with van der Waals surface area (Å²) in [6.07, 6.45) is 4.30. The van der Waals surface area contributed by atoms with E-state index in [-0.39, 0.29) is 24.4 Å². The van der Waals surface area contributed by atoms with Gasteiger partial charge in [0.05, 0.1) is 35.9 Å². The maximum atomic E-state index is 7.56. The molecule has 8 heteroatoms. The van der Waals surface area contributed by atoms with Crippen LogP contribution in [0.3, 0.4) is 0 Å². The van der Waals surface area contributed by atoms with Crippen LogP contribution in [-0.4, -0.2) is 44.9 Å². The second kappa shape index (κ2) is 13.0. The average molecular weight is 552 g/mol. The van der Waals surface area contributed by atoms with Crippen LogP contribution in [-0.2, 0) is 13.6 Å². The Kier molecular flexibility index (Phi) is 11.4. The lowest BCUT2D eigenvalue weighted by atomic mass is 9.94. The van der Waals surface area contributed by atoms with Crippen LogP contribution >= 0.6 is 0 Å². The van der Waals surface area contributed by atoms with Gasteiger partial charge < -0.3 is 19.3 Å². The third-order valence-corrected chi connectivity index (χ3v) is 21.3. The number of nitrogens with two attached hydrogens (primary N) is 1. The molecule has 0 radical (unpaired) electrons. The number of hydrogen-bond donors (Lipinski definition) is 1. The molecule has 37 heavy (non-hydrogen) atoms. The highest BCUT2D eigenvalue weighted by Crippen LogP contribution is 2.49. The van der Waals surface area contributed by atoms with E-state index < -0.39 is 16.6 Å². The van der Waals surface area contributed by atoms with Crippen LogP contribution in [0.2, 0.25) is 33.2 Å². The maximum Gasteiger partial charge on any atom is 0.201 e. The molecule has 0 amide bonds. The Bertz CT molecular complexity index is 804. The molecule has 6 nitrogen and oxygen atoms in total. The molecule has 0 spiro atoms. The minimum absolute atomic E-state index is 0.0694. The summed E-state index contributed by atoms with van der Waals surface area (Å²) < 4.78 is 21.9. The number of ether oxygens (including phenoxy) is 1. The molecular weight excluding hydrogens is 495 g/mol. The second-order valence-corrected chi connectivity index (χ2v) is 23.9. The van der Waals surface area contributed by atoms with Crippen LogP contribution in [0, 0.1) is 0 Å². The lowest BCUT2D eigenvalue weighted by molar-refractivity contribution is -0.163. The summed E-state index contributed by atoms with van der Waals surface area (Å²) >= 11 is 0. The fourth-order valence-corrected chi connectivity index (χ4v) is 18.8. The molecule has 214 valence electrons. The molecule has 1 aliphatic heterocycles. The highest BCUT2D eigenvalue weighted by atomic mass is 28.4. The summed E-state index contributed by atoms with van der Waals surface area (Å²) in [6, 6.07) is 0. The summed E-state index contributed by atoms with van der Waals surface area (Å²) in [6.45, 7) is 30.5. The topological polar surface area (TPSA) is 79.5 Å². The molecule has 2 rings (SSSR count). The molecular formula is C29H57N3O3Si2. The Labute approximate surface area is 230 Å². The summed E-state index contributed by atoms with van der Waals surface area (Å²) in [5.41, 5.74) is 10.6. The van der Waals surface area contributed by atoms with Crippen molar-refractivity contribution in [2.24, 2.45) is 0 Å². The van der Waals surface area contributed by atoms with Gasteiger partial charge in [0, 0.05) is 6.42 Å². The van der Waals surface area contributed by atoms with Gasteiger partial charge in [-0.05, 0) is 39.7 Å². The first-order chi connectivity index (χ1) is 17.2.